The van der Waals surface area contributed by atoms with E-state index in [2.05, 4.69) is 40.2 Å². The topological polar surface area (TPSA) is 75.0 Å². The Hall–Kier alpha value is -2.63. The number of hydrogen-bond acceptors (Lipinski definition) is 4. The molecule has 6 nitrogen and oxygen atoms in total. The van der Waals surface area contributed by atoms with Gasteiger partial charge < -0.3 is 14.4 Å². The van der Waals surface area contributed by atoms with Crippen LogP contribution in [0.3, 0.4) is 0 Å². The number of rotatable bonds is 4. The van der Waals surface area contributed by atoms with E-state index in [9.17, 15) is 4.79 Å². The Morgan fingerprint density at radius 2 is 2.28 bits per heavy atom. The lowest BCUT2D eigenvalue weighted by atomic mass is 10.0. The van der Waals surface area contributed by atoms with Gasteiger partial charge in [-0.25, -0.2) is 0 Å². The number of fused-ring (bicyclic) bond motifs is 1. The Morgan fingerprint density at radius 3 is 3.04 bits per heavy atom. The highest BCUT2D eigenvalue weighted by Crippen LogP contribution is 2.31. The Labute approximate surface area is 146 Å². The van der Waals surface area contributed by atoms with E-state index >= 15 is 0 Å². The zero-order valence-electron chi connectivity index (χ0n) is 14.6. The number of H-pyrrole nitrogens is 1. The molecule has 1 fully saturated rings. The number of nitrogens with zero attached hydrogens (tertiary/aromatic N) is 3. The van der Waals surface area contributed by atoms with Crippen LogP contribution in [0.5, 0.6) is 0 Å². The van der Waals surface area contributed by atoms with Crippen LogP contribution < -0.4 is 0 Å². The van der Waals surface area contributed by atoms with E-state index < -0.39 is 0 Å². The Kier molecular flexibility index (Phi) is 4.03. The van der Waals surface area contributed by atoms with Crippen LogP contribution in [0, 0.1) is 6.92 Å². The van der Waals surface area contributed by atoms with Crippen molar-refractivity contribution in [2.24, 2.45) is 0 Å². The molecule has 1 N–H and O–H groups in total. The Bertz CT molecular complexity index is 911. The van der Waals surface area contributed by atoms with E-state index in [0.717, 1.165) is 42.3 Å². The van der Waals surface area contributed by atoms with Crippen LogP contribution in [-0.2, 0) is 17.6 Å². The summed E-state index contributed by atoms with van der Waals surface area (Å²) in [4.78, 5) is 22.5. The number of aryl methyl sites for hydroxylation is 2. The standard InChI is InChI=1S/C19H22N4O2/c1-3-13-6-4-7-15-14(11-20-18(13)15)10-17(24)23-9-5-8-16(23)19-21-12(2)25-22-19/h4,6-7,11,16,20H,3,5,8-10H2,1-2H3/t16-/m1/s1. The summed E-state index contributed by atoms with van der Waals surface area (Å²) in [5, 5.41) is 5.15. The molecule has 1 atom stereocenters. The summed E-state index contributed by atoms with van der Waals surface area (Å²) in [5.74, 6) is 1.28. The van der Waals surface area contributed by atoms with Crippen LogP contribution in [0.25, 0.3) is 10.9 Å². The van der Waals surface area contributed by atoms with Gasteiger partial charge in [0.05, 0.1) is 12.5 Å². The average molecular weight is 338 g/mol. The van der Waals surface area contributed by atoms with Crippen molar-refractivity contribution in [3.8, 4) is 0 Å². The number of carbonyl (C=O) groups is 1. The van der Waals surface area contributed by atoms with Gasteiger partial charge in [-0.2, -0.15) is 4.98 Å². The predicted octanol–water partition coefficient (Wildman–Crippen LogP) is 3.33. The van der Waals surface area contributed by atoms with Crippen molar-refractivity contribution in [3.05, 3.63) is 47.2 Å². The minimum Gasteiger partial charge on any atom is -0.361 e. The van der Waals surface area contributed by atoms with E-state index in [-0.39, 0.29) is 11.9 Å². The number of carbonyl (C=O) groups excluding carboxylic acids is 1. The fourth-order valence-electron chi connectivity index (χ4n) is 3.76. The molecule has 1 saturated heterocycles. The number of nitrogens with one attached hydrogen (secondary N) is 1. The van der Waals surface area contributed by atoms with Crippen molar-refractivity contribution in [2.75, 3.05) is 6.54 Å². The highest BCUT2D eigenvalue weighted by Gasteiger charge is 2.33. The normalized spacial score (nSPS) is 17.5. The molecule has 0 saturated carbocycles. The van der Waals surface area contributed by atoms with Crippen LogP contribution in [0.1, 0.15) is 48.6 Å². The first-order valence-electron chi connectivity index (χ1n) is 8.85. The van der Waals surface area contributed by atoms with E-state index in [0.29, 0.717) is 18.1 Å². The lowest BCUT2D eigenvalue weighted by Gasteiger charge is -2.22. The quantitative estimate of drug-likeness (QED) is 0.792. The summed E-state index contributed by atoms with van der Waals surface area (Å²) in [6.07, 6.45) is 5.18. The molecule has 3 heterocycles. The zero-order valence-corrected chi connectivity index (χ0v) is 14.6. The number of likely N-dealkylation sites (tertiary alicyclic amines) is 1. The molecule has 0 radical (unpaired) electrons. The van der Waals surface area contributed by atoms with Crippen molar-refractivity contribution in [1.82, 2.24) is 20.0 Å². The Balaban J connectivity index is 1.57. The molecule has 1 aliphatic heterocycles. The maximum Gasteiger partial charge on any atom is 0.227 e. The molecule has 25 heavy (non-hydrogen) atoms. The molecular formula is C19H22N4O2. The van der Waals surface area contributed by atoms with Crippen molar-refractivity contribution >= 4 is 16.8 Å². The van der Waals surface area contributed by atoms with Gasteiger partial charge in [0.15, 0.2) is 5.82 Å². The summed E-state index contributed by atoms with van der Waals surface area (Å²) in [5.41, 5.74) is 3.46. The van der Waals surface area contributed by atoms with Gasteiger partial charge in [0, 0.05) is 30.6 Å². The zero-order chi connectivity index (χ0) is 17.4. The van der Waals surface area contributed by atoms with Gasteiger partial charge in [-0.1, -0.05) is 30.3 Å². The minimum absolute atomic E-state index is 0.0682. The second kappa shape index (κ2) is 6.35. The number of para-hydroxylation sites is 1. The van der Waals surface area contributed by atoms with Crippen LogP contribution in [0.15, 0.2) is 28.9 Å². The lowest BCUT2D eigenvalue weighted by Crippen LogP contribution is -2.32. The molecule has 4 rings (SSSR count). The third-order valence-corrected chi connectivity index (χ3v) is 5.02. The lowest BCUT2D eigenvalue weighted by molar-refractivity contribution is -0.131. The third-order valence-electron chi connectivity index (χ3n) is 5.02. The summed E-state index contributed by atoms with van der Waals surface area (Å²) in [6, 6.07) is 6.20. The first-order chi connectivity index (χ1) is 12.2. The number of aromatic nitrogens is 3. The molecule has 1 aliphatic rings. The van der Waals surface area contributed by atoms with E-state index in [4.69, 9.17) is 4.52 Å². The summed E-state index contributed by atoms with van der Waals surface area (Å²) in [7, 11) is 0. The van der Waals surface area contributed by atoms with Crippen LogP contribution in [0.4, 0.5) is 0 Å². The predicted molar refractivity (Wildman–Crippen MR) is 94.1 cm³/mol. The summed E-state index contributed by atoms with van der Waals surface area (Å²) >= 11 is 0. The molecule has 2 aromatic heterocycles. The van der Waals surface area contributed by atoms with Gasteiger partial charge in [-0.05, 0) is 30.4 Å². The molecule has 0 bridgehead atoms. The SMILES string of the molecule is CCc1cccc2c(CC(=O)N3CCC[C@@H]3c3noc(C)n3)c[nH]c12. The second-order valence-electron chi connectivity index (χ2n) is 6.60. The molecule has 0 unspecified atom stereocenters. The van der Waals surface area contributed by atoms with Crippen molar-refractivity contribution < 1.29 is 9.32 Å². The fraction of sp³-hybridized carbons (Fsp3) is 0.421. The smallest absolute Gasteiger partial charge is 0.227 e. The van der Waals surface area contributed by atoms with Gasteiger partial charge in [-0.15, -0.1) is 0 Å². The van der Waals surface area contributed by atoms with Gasteiger partial charge in [0.1, 0.15) is 0 Å². The second-order valence-corrected chi connectivity index (χ2v) is 6.60. The van der Waals surface area contributed by atoms with Crippen molar-refractivity contribution in [1.29, 1.82) is 0 Å². The van der Waals surface area contributed by atoms with Gasteiger partial charge in [0.2, 0.25) is 11.8 Å². The van der Waals surface area contributed by atoms with Gasteiger partial charge in [-0.3, -0.25) is 4.79 Å². The summed E-state index contributed by atoms with van der Waals surface area (Å²) in [6.45, 7) is 4.66. The number of benzene rings is 1. The van der Waals surface area contributed by atoms with Crippen molar-refractivity contribution in [3.63, 3.8) is 0 Å². The fourth-order valence-corrected chi connectivity index (χ4v) is 3.76. The van der Waals surface area contributed by atoms with Crippen LogP contribution >= 0.6 is 0 Å². The van der Waals surface area contributed by atoms with Crippen LogP contribution in [0.2, 0.25) is 0 Å². The maximum absolute atomic E-state index is 12.9. The van der Waals surface area contributed by atoms with E-state index in [1.807, 2.05) is 11.1 Å². The first kappa shape index (κ1) is 15.9. The molecule has 3 aromatic rings. The molecule has 1 aromatic carbocycles. The maximum atomic E-state index is 12.9. The highest BCUT2D eigenvalue weighted by atomic mass is 16.5. The van der Waals surface area contributed by atoms with Crippen molar-refractivity contribution in [2.45, 2.75) is 45.6 Å². The van der Waals surface area contributed by atoms with Gasteiger partial charge in [0.25, 0.3) is 0 Å². The number of amides is 1. The van der Waals surface area contributed by atoms with Gasteiger partial charge >= 0.3 is 0 Å². The van der Waals surface area contributed by atoms with E-state index in [1.54, 1.807) is 6.92 Å². The molecule has 130 valence electrons. The molecule has 1 amide bonds. The monoisotopic (exact) mass is 338 g/mol. The largest absolute Gasteiger partial charge is 0.361 e. The third kappa shape index (κ3) is 2.81. The Morgan fingerprint density at radius 1 is 1.40 bits per heavy atom. The van der Waals surface area contributed by atoms with E-state index in [1.165, 1.54) is 5.56 Å². The molecule has 6 heteroatoms. The highest BCUT2D eigenvalue weighted by molar-refractivity contribution is 5.90. The van der Waals surface area contributed by atoms with Crippen LogP contribution in [-0.4, -0.2) is 32.5 Å². The first-order valence-corrected chi connectivity index (χ1v) is 8.85. The number of aromatic amines is 1. The molecule has 0 spiro atoms. The average Bonchev–Trinajstić information content (AvgIpc) is 3.33. The summed E-state index contributed by atoms with van der Waals surface area (Å²) < 4.78 is 5.09. The number of hydrogen-bond donors (Lipinski definition) is 1. The molecular weight excluding hydrogens is 316 g/mol. The molecule has 0 aliphatic carbocycles. The minimum atomic E-state index is -0.0682.